The van der Waals surface area contributed by atoms with Gasteiger partial charge < -0.3 is 14.4 Å². The second-order valence-electron chi connectivity index (χ2n) is 6.83. The van der Waals surface area contributed by atoms with E-state index < -0.39 is 0 Å². The Kier molecular flexibility index (Phi) is 4.72. The average Bonchev–Trinajstić information content (AvgIpc) is 3.21. The summed E-state index contributed by atoms with van der Waals surface area (Å²) in [6.45, 7) is 2.79. The zero-order valence-electron chi connectivity index (χ0n) is 14.1. The van der Waals surface area contributed by atoms with Crippen LogP contribution >= 0.6 is 11.3 Å². The summed E-state index contributed by atoms with van der Waals surface area (Å²) in [4.78, 5) is 18.9. The zero-order chi connectivity index (χ0) is 17.1. The highest BCUT2D eigenvalue weighted by molar-refractivity contribution is 7.08. The van der Waals surface area contributed by atoms with Crippen LogP contribution in [0.5, 0.6) is 5.75 Å². The maximum absolute atomic E-state index is 12.8. The van der Waals surface area contributed by atoms with Crippen LogP contribution in [-0.4, -0.2) is 48.2 Å². The van der Waals surface area contributed by atoms with Gasteiger partial charge in [-0.15, -0.1) is 0 Å². The number of ether oxygens (including phenoxy) is 2. The number of thiophene rings is 1. The first-order valence-electron chi connectivity index (χ1n) is 8.73. The van der Waals surface area contributed by atoms with Crippen molar-refractivity contribution < 1.29 is 14.3 Å². The number of aromatic nitrogens is 1. The standard InChI is InChI=1S/C19H22N2O3S/c22-18(15-5-10-25-12-15)21-8-4-17-19(13-21,6-2-9-23-17)14-24-16-3-1-7-20-11-16/h1,3,5,7,10-12,17H,2,4,6,8-9,13-14H2/t17-,19-/m1/s1. The fraction of sp³-hybridized carbons (Fsp3) is 0.474. The topological polar surface area (TPSA) is 51.7 Å². The summed E-state index contributed by atoms with van der Waals surface area (Å²) in [5.41, 5.74) is 0.640. The predicted octanol–water partition coefficient (Wildman–Crippen LogP) is 3.23. The van der Waals surface area contributed by atoms with E-state index in [0.717, 1.165) is 43.7 Å². The molecule has 0 N–H and O–H groups in total. The summed E-state index contributed by atoms with van der Waals surface area (Å²) in [6.07, 6.45) is 6.52. The first kappa shape index (κ1) is 16.5. The number of carbonyl (C=O) groups excluding carboxylic acids is 1. The monoisotopic (exact) mass is 358 g/mol. The largest absolute Gasteiger partial charge is 0.491 e. The number of carbonyl (C=O) groups is 1. The molecule has 4 heterocycles. The highest BCUT2D eigenvalue weighted by Gasteiger charge is 2.47. The van der Waals surface area contributed by atoms with E-state index in [0.29, 0.717) is 13.2 Å². The molecule has 132 valence electrons. The second kappa shape index (κ2) is 7.14. The molecular formula is C19H22N2O3S. The molecule has 25 heavy (non-hydrogen) atoms. The van der Waals surface area contributed by atoms with Gasteiger partial charge in [-0.2, -0.15) is 11.3 Å². The van der Waals surface area contributed by atoms with Gasteiger partial charge in [0.05, 0.1) is 24.5 Å². The van der Waals surface area contributed by atoms with Crippen LogP contribution in [0.25, 0.3) is 0 Å². The molecule has 2 atom stereocenters. The highest BCUT2D eigenvalue weighted by Crippen LogP contribution is 2.41. The molecule has 2 aromatic heterocycles. The molecule has 0 aromatic carbocycles. The summed E-state index contributed by atoms with van der Waals surface area (Å²) in [7, 11) is 0. The molecule has 0 unspecified atom stereocenters. The van der Waals surface area contributed by atoms with Gasteiger partial charge in [0.25, 0.3) is 5.91 Å². The van der Waals surface area contributed by atoms with E-state index in [4.69, 9.17) is 9.47 Å². The Morgan fingerprint density at radius 1 is 1.48 bits per heavy atom. The molecule has 2 aromatic rings. The van der Waals surface area contributed by atoms with E-state index in [9.17, 15) is 4.79 Å². The van der Waals surface area contributed by atoms with Gasteiger partial charge in [-0.25, -0.2) is 0 Å². The van der Waals surface area contributed by atoms with Crippen LogP contribution in [0.2, 0.25) is 0 Å². The van der Waals surface area contributed by atoms with E-state index >= 15 is 0 Å². The van der Waals surface area contributed by atoms with Gasteiger partial charge in [-0.3, -0.25) is 9.78 Å². The first-order chi connectivity index (χ1) is 12.3. The lowest BCUT2D eigenvalue weighted by atomic mass is 9.73. The Labute approximate surface area is 151 Å². The fourth-order valence-electron chi connectivity index (χ4n) is 3.90. The summed E-state index contributed by atoms with van der Waals surface area (Å²) < 4.78 is 12.1. The van der Waals surface area contributed by atoms with Crippen LogP contribution in [-0.2, 0) is 4.74 Å². The van der Waals surface area contributed by atoms with E-state index in [-0.39, 0.29) is 17.4 Å². The van der Waals surface area contributed by atoms with Crippen molar-refractivity contribution in [1.29, 1.82) is 0 Å². The molecule has 1 amide bonds. The van der Waals surface area contributed by atoms with E-state index in [1.165, 1.54) is 0 Å². The van der Waals surface area contributed by atoms with Crippen molar-refractivity contribution in [3.63, 3.8) is 0 Å². The molecule has 2 saturated heterocycles. The third kappa shape index (κ3) is 3.41. The average molecular weight is 358 g/mol. The Balaban J connectivity index is 1.51. The number of piperidine rings is 1. The molecule has 6 heteroatoms. The molecule has 0 spiro atoms. The van der Waals surface area contributed by atoms with Crippen molar-refractivity contribution in [2.45, 2.75) is 25.4 Å². The SMILES string of the molecule is O=C(c1ccsc1)N1CC[C@H]2OCCC[C@]2(COc2cccnc2)C1. The van der Waals surface area contributed by atoms with E-state index in [1.807, 2.05) is 33.9 Å². The minimum Gasteiger partial charge on any atom is -0.491 e. The lowest BCUT2D eigenvalue weighted by Crippen LogP contribution is -2.58. The molecule has 2 fully saturated rings. The van der Waals surface area contributed by atoms with Crippen molar-refractivity contribution in [1.82, 2.24) is 9.88 Å². The van der Waals surface area contributed by atoms with Crippen LogP contribution in [0.3, 0.4) is 0 Å². The lowest BCUT2D eigenvalue weighted by Gasteiger charge is -2.50. The Morgan fingerprint density at radius 3 is 3.24 bits per heavy atom. The minimum absolute atomic E-state index is 0.117. The number of likely N-dealkylation sites (tertiary alicyclic amines) is 1. The van der Waals surface area contributed by atoms with E-state index in [2.05, 4.69) is 4.98 Å². The first-order valence-corrected chi connectivity index (χ1v) is 9.67. The van der Waals surface area contributed by atoms with Crippen LogP contribution in [0.15, 0.2) is 41.4 Å². The Hall–Kier alpha value is -1.92. The number of fused-ring (bicyclic) bond motifs is 1. The maximum Gasteiger partial charge on any atom is 0.254 e. The molecule has 2 aliphatic rings. The third-order valence-corrected chi connectivity index (χ3v) is 5.89. The fourth-order valence-corrected chi connectivity index (χ4v) is 4.53. The second-order valence-corrected chi connectivity index (χ2v) is 7.61. The summed E-state index contributed by atoms with van der Waals surface area (Å²) >= 11 is 1.56. The Bertz CT molecular complexity index is 707. The summed E-state index contributed by atoms with van der Waals surface area (Å²) in [5, 5.41) is 3.87. The number of nitrogens with zero attached hydrogens (tertiary/aromatic N) is 2. The smallest absolute Gasteiger partial charge is 0.254 e. The predicted molar refractivity (Wildman–Crippen MR) is 96.0 cm³/mol. The van der Waals surface area contributed by atoms with Crippen molar-refractivity contribution in [3.05, 3.63) is 46.9 Å². The van der Waals surface area contributed by atoms with Crippen LogP contribution in [0.1, 0.15) is 29.6 Å². The molecule has 0 aliphatic carbocycles. The zero-order valence-corrected chi connectivity index (χ0v) is 14.9. The van der Waals surface area contributed by atoms with Gasteiger partial charge in [0.2, 0.25) is 0 Å². The molecule has 0 bridgehead atoms. The normalized spacial score (nSPS) is 26.1. The van der Waals surface area contributed by atoms with Gasteiger partial charge in [0.1, 0.15) is 5.75 Å². The lowest BCUT2D eigenvalue weighted by molar-refractivity contribution is -0.133. The van der Waals surface area contributed by atoms with Gasteiger partial charge in [0.15, 0.2) is 0 Å². The summed E-state index contributed by atoms with van der Waals surface area (Å²) in [6, 6.07) is 5.68. The number of hydrogen-bond donors (Lipinski definition) is 0. The molecular weight excluding hydrogens is 336 g/mol. The van der Waals surface area contributed by atoms with Gasteiger partial charge >= 0.3 is 0 Å². The van der Waals surface area contributed by atoms with Crippen molar-refractivity contribution in [2.24, 2.45) is 5.41 Å². The molecule has 5 nitrogen and oxygen atoms in total. The van der Waals surface area contributed by atoms with Crippen molar-refractivity contribution in [2.75, 3.05) is 26.3 Å². The number of rotatable bonds is 4. The van der Waals surface area contributed by atoms with Crippen LogP contribution in [0.4, 0.5) is 0 Å². The van der Waals surface area contributed by atoms with Crippen LogP contribution < -0.4 is 4.74 Å². The maximum atomic E-state index is 12.8. The Morgan fingerprint density at radius 2 is 2.44 bits per heavy atom. The molecule has 4 rings (SSSR count). The van der Waals surface area contributed by atoms with Gasteiger partial charge in [-0.1, -0.05) is 0 Å². The van der Waals surface area contributed by atoms with E-state index in [1.54, 1.807) is 23.7 Å². The number of pyridine rings is 1. The molecule has 0 saturated carbocycles. The molecule has 0 radical (unpaired) electrons. The number of hydrogen-bond acceptors (Lipinski definition) is 5. The number of amides is 1. The van der Waals surface area contributed by atoms with Crippen molar-refractivity contribution in [3.8, 4) is 5.75 Å². The third-order valence-electron chi connectivity index (χ3n) is 5.20. The van der Waals surface area contributed by atoms with Gasteiger partial charge in [0, 0.05) is 36.7 Å². The van der Waals surface area contributed by atoms with Crippen LogP contribution in [0, 0.1) is 5.41 Å². The minimum atomic E-state index is -0.141. The quantitative estimate of drug-likeness (QED) is 0.842. The summed E-state index contributed by atoms with van der Waals surface area (Å²) in [5.74, 6) is 0.883. The van der Waals surface area contributed by atoms with Crippen molar-refractivity contribution >= 4 is 17.2 Å². The van der Waals surface area contributed by atoms with Gasteiger partial charge in [-0.05, 0) is 42.8 Å². The highest BCUT2D eigenvalue weighted by atomic mass is 32.1. The molecule has 2 aliphatic heterocycles.